The van der Waals surface area contributed by atoms with Gasteiger partial charge in [-0.3, -0.25) is 0 Å². The number of hydrogen-bond acceptors (Lipinski definition) is 2. The fourth-order valence-corrected chi connectivity index (χ4v) is 3.05. The Bertz CT molecular complexity index is 102. The Hall–Kier alpha value is 0.310. The minimum atomic E-state index is 0.980. The number of hydrogen-bond donors (Lipinski definition) is 0. The number of fused-ring (bicyclic) bond motifs is 1. The SMILES string of the molecule is C1CSC2CCC2CCO1. The first-order valence-electron chi connectivity index (χ1n) is 4.16. The minimum absolute atomic E-state index is 0.980. The molecule has 1 saturated heterocycles. The Morgan fingerprint density at radius 1 is 1.10 bits per heavy atom. The molecule has 0 amide bonds. The van der Waals surface area contributed by atoms with Crippen LogP contribution in [-0.2, 0) is 4.74 Å². The van der Waals surface area contributed by atoms with Crippen LogP contribution in [-0.4, -0.2) is 24.2 Å². The zero-order valence-electron chi connectivity index (χ0n) is 6.21. The van der Waals surface area contributed by atoms with Gasteiger partial charge < -0.3 is 4.74 Å². The molecule has 58 valence electrons. The molecular weight excluding hydrogens is 144 g/mol. The smallest absolute Gasteiger partial charge is 0.0556 e. The van der Waals surface area contributed by atoms with Crippen molar-refractivity contribution in [3.63, 3.8) is 0 Å². The van der Waals surface area contributed by atoms with E-state index in [1.54, 1.807) is 0 Å². The van der Waals surface area contributed by atoms with Gasteiger partial charge in [0.05, 0.1) is 6.61 Å². The van der Waals surface area contributed by atoms with Gasteiger partial charge >= 0.3 is 0 Å². The summed E-state index contributed by atoms with van der Waals surface area (Å²) in [6, 6.07) is 0. The highest BCUT2D eigenvalue weighted by molar-refractivity contribution is 8.00. The first kappa shape index (κ1) is 6.99. The number of ether oxygens (including phenoxy) is 1. The van der Waals surface area contributed by atoms with Crippen molar-refractivity contribution in [1.82, 2.24) is 0 Å². The Labute approximate surface area is 66.5 Å². The largest absolute Gasteiger partial charge is 0.381 e. The normalized spacial score (nSPS) is 40.8. The van der Waals surface area contributed by atoms with Crippen LogP contribution in [0.15, 0.2) is 0 Å². The molecule has 2 fully saturated rings. The van der Waals surface area contributed by atoms with E-state index >= 15 is 0 Å². The second kappa shape index (κ2) is 3.14. The van der Waals surface area contributed by atoms with Gasteiger partial charge in [0.2, 0.25) is 0 Å². The van der Waals surface area contributed by atoms with Crippen molar-refractivity contribution in [3.05, 3.63) is 0 Å². The quantitative estimate of drug-likeness (QED) is 0.532. The van der Waals surface area contributed by atoms with E-state index in [1.165, 1.54) is 25.0 Å². The van der Waals surface area contributed by atoms with Gasteiger partial charge in [-0.1, -0.05) is 0 Å². The summed E-state index contributed by atoms with van der Waals surface area (Å²) in [5.41, 5.74) is 0. The summed E-state index contributed by atoms with van der Waals surface area (Å²) >= 11 is 2.12. The average Bonchev–Trinajstić information content (AvgIpc) is 1.89. The molecule has 1 saturated carbocycles. The zero-order valence-corrected chi connectivity index (χ0v) is 7.03. The van der Waals surface area contributed by atoms with Gasteiger partial charge in [0.15, 0.2) is 0 Å². The van der Waals surface area contributed by atoms with Gasteiger partial charge in [-0.05, 0) is 25.2 Å². The van der Waals surface area contributed by atoms with Gasteiger partial charge in [-0.15, -0.1) is 0 Å². The van der Waals surface area contributed by atoms with Gasteiger partial charge in [-0.25, -0.2) is 0 Å². The third kappa shape index (κ3) is 1.32. The van der Waals surface area contributed by atoms with Crippen molar-refractivity contribution in [2.75, 3.05) is 19.0 Å². The van der Waals surface area contributed by atoms with E-state index in [-0.39, 0.29) is 0 Å². The topological polar surface area (TPSA) is 9.23 Å². The number of thioether (sulfide) groups is 1. The molecule has 0 spiro atoms. The maximum atomic E-state index is 5.41. The van der Waals surface area contributed by atoms with E-state index in [4.69, 9.17) is 4.74 Å². The zero-order chi connectivity index (χ0) is 6.81. The first-order valence-corrected chi connectivity index (χ1v) is 5.21. The van der Waals surface area contributed by atoms with E-state index < -0.39 is 0 Å². The van der Waals surface area contributed by atoms with Crippen molar-refractivity contribution in [2.24, 2.45) is 5.92 Å². The van der Waals surface area contributed by atoms with Crippen LogP contribution in [0.2, 0.25) is 0 Å². The summed E-state index contributed by atoms with van der Waals surface area (Å²) in [5.74, 6) is 2.23. The van der Waals surface area contributed by atoms with Crippen LogP contribution in [0, 0.1) is 5.92 Å². The lowest BCUT2D eigenvalue weighted by atomic mass is 9.82. The molecule has 0 aromatic carbocycles. The summed E-state index contributed by atoms with van der Waals surface area (Å²) in [5, 5.41) is 1.00. The number of rotatable bonds is 0. The summed E-state index contributed by atoms with van der Waals surface area (Å²) in [4.78, 5) is 0. The predicted octanol–water partition coefficient (Wildman–Crippen LogP) is 1.92. The van der Waals surface area contributed by atoms with Crippen molar-refractivity contribution in [3.8, 4) is 0 Å². The molecule has 0 N–H and O–H groups in total. The highest BCUT2D eigenvalue weighted by atomic mass is 32.2. The Balaban J connectivity index is 1.83. The Morgan fingerprint density at radius 2 is 2.10 bits per heavy atom. The molecule has 2 aliphatic rings. The standard InChI is InChI=1S/C8H14OS/c1-2-8-7(1)3-4-9-5-6-10-8/h7-8H,1-6H2. The van der Waals surface area contributed by atoms with Crippen LogP contribution in [0.1, 0.15) is 19.3 Å². The highest BCUT2D eigenvalue weighted by Crippen LogP contribution is 2.40. The lowest BCUT2D eigenvalue weighted by Crippen LogP contribution is -2.31. The van der Waals surface area contributed by atoms with Crippen LogP contribution in [0.25, 0.3) is 0 Å². The second-order valence-corrected chi connectivity index (χ2v) is 4.49. The molecule has 2 rings (SSSR count). The van der Waals surface area contributed by atoms with Crippen molar-refractivity contribution in [2.45, 2.75) is 24.5 Å². The van der Waals surface area contributed by atoms with E-state index in [0.29, 0.717) is 0 Å². The molecular formula is C8H14OS. The van der Waals surface area contributed by atoms with E-state index in [2.05, 4.69) is 11.8 Å². The summed E-state index contributed by atoms with van der Waals surface area (Å²) in [6.07, 6.45) is 4.24. The van der Waals surface area contributed by atoms with Crippen LogP contribution >= 0.6 is 11.8 Å². The third-order valence-electron chi connectivity index (χ3n) is 2.54. The molecule has 2 atom stereocenters. The summed E-state index contributed by atoms with van der Waals surface area (Å²) in [7, 11) is 0. The molecule has 0 bridgehead atoms. The molecule has 0 aromatic heterocycles. The van der Waals surface area contributed by atoms with E-state index in [1.807, 2.05) is 0 Å². The molecule has 2 unspecified atom stereocenters. The minimum Gasteiger partial charge on any atom is -0.381 e. The molecule has 1 heterocycles. The van der Waals surface area contributed by atoms with Crippen molar-refractivity contribution >= 4 is 11.8 Å². The van der Waals surface area contributed by atoms with Crippen LogP contribution in [0.4, 0.5) is 0 Å². The van der Waals surface area contributed by atoms with Crippen LogP contribution in [0.5, 0.6) is 0 Å². The fourth-order valence-electron chi connectivity index (χ4n) is 1.68. The molecule has 10 heavy (non-hydrogen) atoms. The van der Waals surface area contributed by atoms with E-state index in [0.717, 1.165) is 24.4 Å². The maximum Gasteiger partial charge on any atom is 0.0556 e. The molecule has 1 aliphatic heterocycles. The van der Waals surface area contributed by atoms with E-state index in [9.17, 15) is 0 Å². The van der Waals surface area contributed by atoms with Crippen molar-refractivity contribution in [1.29, 1.82) is 0 Å². The fraction of sp³-hybridized carbons (Fsp3) is 1.00. The molecule has 0 aromatic rings. The Morgan fingerprint density at radius 3 is 2.90 bits per heavy atom. The van der Waals surface area contributed by atoms with Crippen LogP contribution in [0.3, 0.4) is 0 Å². The highest BCUT2D eigenvalue weighted by Gasteiger charge is 2.31. The third-order valence-corrected chi connectivity index (χ3v) is 3.99. The lowest BCUT2D eigenvalue weighted by molar-refractivity contribution is 0.115. The predicted molar refractivity (Wildman–Crippen MR) is 44.4 cm³/mol. The lowest BCUT2D eigenvalue weighted by Gasteiger charge is -2.37. The summed E-state index contributed by atoms with van der Waals surface area (Å²) in [6.45, 7) is 2.00. The van der Waals surface area contributed by atoms with Gasteiger partial charge in [0.1, 0.15) is 0 Å². The molecule has 0 radical (unpaired) electrons. The van der Waals surface area contributed by atoms with Gasteiger partial charge in [0.25, 0.3) is 0 Å². The summed E-state index contributed by atoms with van der Waals surface area (Å²) < 4.78 is 5.41. The van der Waals surface area contributed by atoms with Crippen molar-refractivity contribution < 1.29 is 4.74 Å². The maximum absolute atomic E-state index is 5.41. The second-order valence-electron chi connectivity index (χ2n) is 3.15. The molecule has 1 aliphatic carbocycles. The first-order chi connectivity index (χ1) is 4.97. The molecule has 1 nitrogen and oxygen atoms in total. The van der Waals surface area contributed by atoms with Gasteiger partial charge in [-0.2, -0.15) is 11.8 Å². The van der Waals surface area contributed by atoms with Crippen LogP contribution < -0.4 is 0 Å². The molecule has 2 heteroatoms. The monoisotopic (exact) mass is 158 g/mol. The average molecular weight is 158 g/mol. The van der Waals surface area contributed by atoms with Gasteiger partial charge in [0, 0.05) is 17.6 Å². The Kier molecular flexibility index (Phi) is 2.19.